The van der Waals surface area contributed by atoms with Gasteiger partial charge in [0.25, 0.3) is 5.56 Å². The Labute approximate surface area is 77.8 Å². The van der Waals surface area contributed by atoms with Gasteiger partial charge in [0.15, 0.2) is 0 Å². The van der Waals surface area contributed by atoms with Crippen LogP contribution in [0.1, 0.15) is 5.56 Å². The van der Waals surface area contributed by atoms with Crippen molar-refractivity contribution in [2.45, 2.75) is 6.42 Å². The first-order chi connectivity index (χ1) is 6.43. The minimum Gasteiger partial charge on any atom is -0.481 e. The van der Waals surface area contributed by atoms with Gasteiger partial charge in [-0.05, 0) is 0 Å². The number of nitrogen functional groups attached to an aromatic ring is 1. The molecule has 1 aromatic heterocycles. The zero-order valence-electron chi connectivity index (χ0n) is 7.40. The van der Waals surface area contributed by atoms with Gasteiger partial charge in [-0.1, -0.05) is 0 Å². The third kappa shape index (κ3) is 1.65. The second-order valence-corrected chi connectivity index (χ2v) is 2.76. The van der Waals surface area contributed by atoms with E-state index in [1.807, 2.05) is 0 Å². The Morgan fingerprint density at radius 1 is 1.57 bits per heavy atom. The van der Waals surface area contributed by atoms with Crippen LogP contribution in [0.3, 0.4) is 0 Å². The molecule has 7 nitrogen and oxygen atoms in total. The largest absolute Gasteiger partial charge is 0.481 e. The first kappa shape index (κ1) is 10.0. The molecule has 1 rings (SSSR count). The van der Waals surface area contributed by atoms with Crippen molar-refractivity contribution in [1.29, 1.82) is 0 Å². The highest BCUT2D eigenvalue weighted by molar-refractivity contribution is 5.71. The molecule has 0 amide bonds. The van der Waals surface area contributed by atoms with Gasteiger partial charge in [-0.3, -0.25) is 19.1 Å². The van der Waals surface area contributed by atoms with E-state index in [2.05, 4.69) is 4.98 Å². The summed E-state index contributed by atoms with van der Waals surface area (Å²) in [7, 11) is 1.24. The molecule has 0 aliphatic heterocycles. The van der Waals surface area contributed by atoms with Crippen LogP contribution in [-0.2, 0) is 18.3 Å². The quantitative estimate of drug-likeness (QED) is 0.523. The number of H-pyrrole nitrogens is 1. The fourth-order valence-electron chi connectivity index (χ4n) is 1.01. The van der Waals surface area contributed by atoms with E-state index in [-0.39, 0.29) is 11.4 Å². The second kappa shape index (κ2) is 3.36. The molecule has 0 atom stereocenters. The van der Waals surface area contributed by atoms with Crippen molar-refractivity contribution in [2.24, 2.45) is 7.05 Å². The van der Waals surface area contributed by atoms with Gasteiger partial charge in [0, 0.05) is 7.05 Å². The number of rotatable bonds is 2. The fraction of sp³-hybridized carbons (Fsp3) is 0.286. The summed E-state index contributed by atoms with van der Waals surface area (Å²) in [6.45, 7) is 0. The van der Waals surface area contributed by atoms with Gasteiger partial charge in [-0.15, -0.1) is 0 Å². The van der Waals surface area contributed by atoms with E-state index in [9.17, 15) is 14.4 Å². The molecular formula is C7H9N3O4. The first-order valence-electron chi connectivity index (χ1n) is 3.73. The third-order valence-electron chi connectivity index (χ3n) is 1.76. The summed E-state index contributed by atoms with van der Waals surface area (Å²) in [6, 6.07) is 0. The summed E-state index contributed by atoms with van der Waals surface area (Å²) in [5, 5.41) is 8.48. The van der Waals surface area contributed by atoms with Crippen LogP contribution >= 0.6 is 0 Å². The number of hydrogen-bond donors (Lipinski definition) is 3. The van der Waals surface area contributed by atoms with Crippen molar-refractivity contribution in [3.05, 3.63) is 26.4 Å². The van der Waals surface area contributed by atoms with Gasteiger partial charge in [0.1, 0.15) is 5.82 Å². The zero-order chi connectivity index (χ0) is 10.9. The number of carboxylic acid groups (broad SMARTS) is 1. The zero-order valence-corrected chi connectivity index (χ0v) is 7.40. The second-order valence-electron chi connectivity index (χ2n) is 2.76. The van der Waals surface area contributed by atoms with Gasteiger partial charge in [0.2, 0.25) is 0 Å². The smallest absolute Gasteiger partial charge is 0.329 e. The number of nitrogens with zero attached hydrogens (tertiary/aromatic N) is 1. The Balaban J connectivity index is 3.44. The maximum absolute atomic E-state index is 11.3. The normalized spacial score (nSPS) is 10.1. The molecule has 1 heterocycles. The Hall–Kier alpha value is -2.05. The van der Waals surface area contributed by atoms with Crippen LogP contribution in [0, 0.1) is 0 Å². The lowest BCUT2D eigenvalue weighted by Gasteiger charge is -2.03. The van der Waals surface area contributed by atoms with Gasteiger partial charge < -0.3 is 10.8 Å². The van der Waals surface area contributed by atoms with E-state index in [0.29, 0.717) is 0 Å². The predicted molar refractivity (Wildman–Crippen MR) is 48.1 cm³/mol. The van der Waals surface area contributed by atoms with Gasteiger partial charge in [-0.25, -0.2) is 4.79 Å². The monoisotopic (exact) mass is 199 g/mol. The molecular weight excluding hydrogens is 190 g/mol. The Kier molecular flexibility index (Phi) is 2.41. The molecule has 1 aromatic rings. The number of aliphatic carboxylic acids is 1. The van der Waals surface area contributed by atoms with E-state index < -0.39 is 23.6 Å². The maximum atomic E-state index is 11.3. The van der Waals surface area contributed by atoms with E-state index in [1.165, 1.54) is 7.05 Å². The van der Waals surface area contributed by atoms with Gasteiger partial charge in [0.05, 0.1) is 12.0 Å². The summed E-state index contributed by atoms with van der Waals surface area (Å²) in [5.74, 6) is -1.37. The highest BCUT2D eigenvalue weighted by Crippen LogP contribution is 1.99. The lowest BCUT2D eigenvalue weighted by molar-refractivity contribution is -0.136. The SMILES string of the molecule is Cn1c(=O)[nH]c(N)c(CC(=O)O)c1=O. The third-order valence-corrected chi connectivity index (χ3v) is 1.76. The molecule has 4 N–H and O–H groups in total. The molecule has 7 heteroatoms. The predicted octanol–water partition coefficient (Wildman–Crippen LogP) is -1.72. The summed E-state index contributed by atoms with van der Waals surface area (Å²) in [4.78, 5) is 34.9. The number of nitrogens with two attached hydrogens (primary N) is 1. The molecule has 0 unspecified atom stereocenters. The van der Waals surface area contributed by atoms with Crippen molar-refractivity contribution >= 4 is 11.8 Å². The van der Waals surface area contributed by atoms with Crippen LogP contribution in [0.4, 0.5) is 5.82 Å². The average Bonchev–Trinajstić information content (AvgIpc) is 2.09. The van der Waals surface area contributed by atoms with E-state index in [0.717, 1.165) is 4.57 Å². The minimum atomic E-state index is -1.18. The topological polar surface area (TPSA) is 118 Å². The van der Waals surface area contributed by atoms with Crippen molar-refractivity contribution in [1.82, 2.24) is 9.55 Å². The standard InChI is InChI=1S/C7H9N3O4/c1-10-6(13)3(2-4(11)12)5(8)9-7(10)14/h2,8H2,1H3,(H,9,14)(H,11,12). The average molecular weight is 199 g/mol. The summed E-state index contributed by atoms with van der Waals surface area (Å²) < 4.78 is 0.772. The minimum absolute atomic E-state index is 0.111. The first-order valence-corrected chi connectivity index (χ1v) is 3.73. The number of hydrogen-bond acceptors (Lipinski definition) is 4. The van der Waals surface area contributed by atoms with Crippen molar-refractivity contribution in [3.8, 4) is 0 Å². The van der Waals surface area contributed by atoms with Crippen LogP contribution in [0.15, 0.2) is 9.59 Å². The van der Waals surface area contributed by atoms with E-state index >= 15 is 0 Å². The summed E-state index contributed by atoms with van der Waals surface area (Å²) in [6.07, 6.45) is -0.505. The highest BCUT2D eigenvalue weighted by atomic mass is 16.4. The lowest BCUT2D eigenvalue weighted by Crippen LogP contribution is -2.36. The fourth-order valence-corrected chi connectivity index (χ4v) is 1.01. The Morgan fingerprint density at radius 3 is 2.64 bits per heavy atom. The van der Waals surface area contributed by atoms with Crippen LogP contribution < -0.4 is 17.0 Å². The number of carboxylic acids is 1. The number of anilines is 1. The van der Waals surface area contributed by atoms with Gasteiger partial charge in [-0.2, -0.15) is 0 Å². The van der Waals surface area contributed by atoms with Gasteiger partial charge >= 0.3 is 11.7 Å². The summed E-state index contributed by atoms with van der Waals surface area (Å²) in [5.41, 5.74) is 3.84. The maximum Gasteiger partial charge on any atom is 0.329 e. The molecule has 0 spiro atoms. The number of aromatic amines is 1. The molecule has 76 valence electrons. The van der Waals surface area contributed by atoms with Crippen LogP contribution in [-0.4, -0.2) is 20.6 Å². The van der Waals surface area contributed by atoms with Crippen molar-refractivity contribution in [2.75, 3.05) is 5.73 Å². The molecule has 0 saturated carbocycles. The molecule has 0 aliphatic carbocycles. The summed E-state index contributed by atoms with van der Waals surface area (Å²) >= 11 is 0. The van der Waals surface area contributed by atoms with E-state index in [1.54, 1.807) is 0 Å². The van der Waals surface area contributed by atoms with E-state index in [4.69, 9.17) is 10.8 Å². The van der Waals surface area contributed by atoms with Crippen molar-refractivity contribution < 1.29 is 9.90 Å². The Bertz CT molecular complexity index is 485. The molecule has 0 bridgehead atoms. The van der Waals surface area contributed by atoms with Crippen LogP contribution in [0.25, 0.3) is 0 Å². The van der Waals surface area contributed by atoms with Crippen molar-refractivity contribution in [3.63, 3.8) is 0 Å². The molecule has 0 radical (unpaired) electrons. The highest BCUT2D eigenvalue weighted by Gasteiger charge is 2.12. The van der Waals surface area contributed by atoms with Crippen LogP contribution in [0.5, 0.6) is 0 Å². The number of nitrogens with one attached hydrogen (secondary N) is 1. The Morgan fingerprint density at radius 2 is 2.14 bits per heavy atom. The molecule has 14 heavy (non-hydrogen) atoms. The lowest BCUT2D eigenvalue weighted by atomic mass is 10.2. The molecule has 0 fully saturated rings. The molecule has 0 aliphatic rings. The number of carbonyl (C=O) groups is 1. The molecule has 0 aromatic carbocycles. The number of aromatic nitrogens is 2. The van der Waals surface area contributed by atoms with Crippen LogP contribution in [0.2, 0.25) is 0 Å². The molecule has 0 saturated heterocycles.